The molecule has 0 fully saturated rings. The molecule has 1 aliphatic carbocycles. The van der Waals surface area contributed by atoms with Gasteiger partial charge in [-0.2, -0.15) is 0 Å². The van der Waals surface area contributed by atoms with Gasteiger partial charge in [-0.05, 0) is 84.1 Å². The van der Waals surface area contributed by atoms with E-state index in [1.165, 1.54) is 60.7 Å². The Morgan fingerprint density at radius 1 is 0.547 bits per heavy atom. The summed E-state index contributed by atoms with van der Waals surface area (Å²) in [6, 6.07) is 62.9. The van der Waals surface area contributed by atoms with E-state index in [0.717, 1.165) is 34.2 Å². The highest BCUT2D eigenvalue weighted by Gasteiger charge is 2.36. The van der Waals surface area contributed by atoms with Crippen molar-refractivity contribution < 1.29 is 0 Å². The van der Waals surface area contributed by atoms with Crippen LogP contribution in [0.25, 0.3) is 60.6 Å². The molecule has 1 aliphatic rings. The fourth-order valence-corrected chi connectivity index (χ4v) is 8.15. The number of aliphatic imine (C=N–C) groups is 1. The van der Waals surface area contributed by atoms with Crippen LogP contribution in [-0.4, -0.2) is 5.84 Å². The van der Waals surface area contributed by atoms with Crippen LogP contribution in [0, 0.1) is 0 Å². The summed E-state index contributed by atoms with van der Waals surface area (Å²) in [5, 5.41) is 4.94. The number of fused-ring (bicyclic) bond motifs is 6. The van der Waals surface area contributed by atoms with Crippen molar-refractivity contribution in [2.75, 3.05) is 0 Å². The topological polar surface area (TPSA) is 38.4 Å². The molecule has 8 aromatic rings. The average molecular weight is 681 g/mol. The van der Waals surface area contributed by atoms with Gasteiger partial charge in [-0.15, -0.1) is 0 Å². The van der Waals surface area contributed by atoms with E-state index in [-0.39, 0.29) is 5.41 Å². The zero-order valence-electron chi connectivity index (χ0n) is 30.1. The maximum Gasteiger partial charge on any atom is 0.131 e. The minimum Gasteiger partial charge on any atom is -0.383 e. The molecule has 0 radical (unpaired) electrons. The minimum absolute atomic E-state index is 0.112. The van der Waals surface area contributed by atoms with Gasteiger partial charge in [0, 0.05) is 16.5 Å². The first-order chi connectivity index (χ1) is 26.0. The van der Waals surface area contributed by atoms with E-state index in [1.54, 1.807) is 0 Å². The van der Waals surface area contributed by atoms with Crippen molar-refractivity contribution in [1.82, 2.24) is 0 Å². The maximum absolute atomic E-state index is 6.81. The van der Waals surface area contributed by atoms with Crippen LogP contribution in [0.4, 0.5) is 0 Å². The molecular weight excluding hydrogens is 641 g/mol. The Morgan fingerprint density at radius 3 is 1.94 bits per heavy atom. The van der Waals surface area contributed by atoms with E-state index in [0.29, 0.717) is 5.84 Å². The number of allylic oxidation sites excluding steroid dienone is 1. The summed E-state index contributed by atoms with van der Waals surface area (Å²) in [5.41, 5.74) is 20.9. The zero-order valence-corrected chi connectivity index (χ0v) is 30.1. The third-order valence-corrected chi connectivity index (χ3v) is 11.0. The first-order valence-corrected chi connectivity index (χ1v) is 18.4. The van der Waals surface area contributed by atoms with Crippen molar-refractivity contribution in [3.63, 3.8) is 0 Å². The van der Waals surface area contributed by atoms with Gasteiger partial charge in [0.1, 0.15) is 5.84 Å². The Kier molecular flexibility index (Phi) is 8.09. The van der Waals surface area contributed by atoms with Gasteiger partial charge in [0.15, 0.2) is 0 Å². The van der Waals surface area contributed by atoms with Gasteiger partial charge in [0.25, 0.3) is 0 Å². The van der Waals surface area contributed by atoms with E-state index in [2.05, 4.69) is 190 Å². The van der Waals surface area contributed by atoms with E-state index in [1.807, 2.05) is 6.07 Å². The van der Waals surface area contributed by atoms with Crippen molar-refractivity contribution in [1.29, 1.82) is 0 Å². The summed E-state index contributed by atoms with van der Waals surface area (Å²) in [5.74, 6) is 0.491. The number of nitrogens with two attached hydrogens (primary N) is 1. The Balaban J connectivity index is 1.14. The Hall–Kier alpha value is -6.51. The lowest BCUT2D eigenvalue weighted by atomic mass is 9.81. The predicted octanol–water partition coefficient (Wildman–Crippen LogP) is 12.6. The second-order valence-electron chi connectivity index (χ2n) is 14.5. The molecule has 0 atom stereocenters. The molecule has 8 aromatic carbocycles. The summed E-state index contributed by atoms with van der Waals surface area (Å²) in [6.07, 6.45) is 2.95. The summed E-state index contributed by atoms with van der Waals surface area (Å²) >= 11 is 0. The SMILES string of the molecule is CC1(C)c2cc(-c3ccc(/C(=C/Cc4ccccc4)N=C(N)c4ccc(-c5ccccc5)cc4)c4ccccc34)ccc2-c2c1ccc1ccccc21. The summed E-state index contributed by atoms with van der Waals surface area (Å²) < 4.78 is 0. The molecule has 53 heavy (non-hydrogen) atoms. The van der Waals surface area contributed by atoms with E-state index < -0.39 is 0 Å². The highest BCUT2D eigenvalue weighted by molar-refractivity contribution is 6.07. The van der Waals surface area contributed by atoms with Crippen molar-refractivity contribution in [2.45, 2.75) is 25.7 Å². The molecular formula is C51H40N2. The predicted molar refractivity (Wildman–Crippen MR) is 225 cm³/mol. The first kappa shape index (κ1) is 32.4. The number of nitrogens with zero attached hydrogens (tertiary/aromatic N) is 1. The lowest BCUT2D eigenvalue weighted by Crippen LogP contribution is -2.15. The molecule has 0 bridgehead atoms. The third-order valence-electron chi connectivity index (χ3n) is 11.0. The summed E-state index contributed by atoms with van der Waals surface area (Å²) in [4.78, 5) is 5.16. The van der Waals surface area contributed by atoms with Crippen molar-refractivity contribution in [2.24, 2.45) is 10.7 Å². The van der Waals surface area contributed by atoms with Crippen LogP contribution in [0.2, 0.25) is 0 Å². The second-order valence-corrected chi connectivity index (χ2v) is 14.5. The Morgan fingerprint density at radius 2 is 1.17 bits per heavy atom. The standard InChI is InChI=1S/C51H40N2/c1-51(2)46-31-27-37-17-9-10-18-41(37)49(46)45-28-26-39(33-47(45)51)40-29-30-44(43-20-12-11-19-42(40)43)48(32-21-34-13-5-3-6-14-34)53-50(52)38-24-22-36(23-25-38)35-15-7-4-8-16-35/h3-20,22-33H,21H2,1-2H3,(H2,52,53)/b48-32-. The molecule has 2 nitrogen and oxygen atoms in total. The number of hydrogen-bond donors (Lipinski definition) is 1. The lowest BCUT2D eigenvalue weighted by Gasteiger charge is -2.22. The van der Waals surface area contributed by atoms with E-state index in [9.17, 15) is 0 Å². The smallest absolute Gasteiger partial charge is 0.131 e. The van der Waals surface area contributed by atoms with Crippen LogP contribution >= 0.6 is 0 Å². The van der Waals surface area contributed by atoms with E-state index in [4.69, 9.17) is 10.7 Å². The molecule has 2 N–H and O–H groups in total. The molecule has 9 rings (SSSR count). The Labute approximate surface area is 311 Å². The molecule has 0 aliphatic heterocycles. The van der Waals surface area contributed by atoms with Crippen molar-refractivity contribution in [3.8, 4) is 33.4 Å². The number of hydrogen-bond acceptors (Lipinski definition) is 1. The largest absolute Gasteiger partial charge is 0.383 e. The zero-order chi connectivity index (χ0) is 35.9. The fraction of sp³-hybridized carbons (Fsp3) is 0.0784. The minimum atomic E-state index is -0.112. The van der Waals surface area contributed by atoms with Crippen molar-refractivity contribution >= 4 is 33.1 Å². The molecule has 0 unspecified atom stereocenters. The van der Waals surface area contributed by atoms with Crippen LogP contribution in [-0.2, 0) is 11.8 Å². The molecule has 0 saturated carbocycles. The normalized spacial score (nSPS) is 13.6. The quantitative estimate of drug-likeness (QED) is 0.132. The number of amidine groups is 1. The summed E-state index contributed by atoms with van der Waals surface area (Å²) in [7, 11) is 0. The molecule has 0 amide bonds. The highest BCUT2D eigenvalue weighted by Crippen LogP contribution is 2.52. The molecule has 0 aromatic heterocycles. The highest BCUT2D eigenvalue weighted by atomic mass is 14.9. The van der Waals surface area contributed by atoms with Gasteiger partial charge in [0.05, 0.1) is 5.70 Å². The van der Waals surface area contributed by atoms with Gasteiger partial charge >= 0.3 is 0 Å². The fourth-order valence-electron chi connectivity index (χ4n) is 8.15. The Bertz CT molecular complexity index is 2700. The number of benzene rings is 8. The van der Waals surface area contributed by atoms with Gasteiger partial charge in [-0.3, -0.25) is 0 Å². The van der Waals surface area contributed by atoms with Crippen LogP contribution < -0.4 is 5.73 Å². The van der Waals surface area contributed by atoms with Gasteiger partial charge in [0.2, 0.25) is 0 Å². The molecule has 254 valence electrons. The van der Waals surface area contributed by atoms with Crippen LogP contribution in [0.3, 0.4) is 0 Å². The summed E-state index contributed by atoms with van der Waals surface area (Å²) in [6.45, 7) is 4.72. The average Bonchev–Trinajstić information content (AvgIpc) is 3.45. The molecule has 0 heterocycles. The first-order valence-electron chi connectivity index (χ1n) is 18.4. The molecule has 2 heteroatoms. The monoisotopic (exact) mass is 680 g/mol. The maximum atomic E-state index is 6.81. The van der Waals surface area contributed by atoms with Crippen molar-refractivity contribution in [3.05, 3.63) is 210 Å². The van der Waals surface area contributed by atoms with E-state index >= 15 is 0 Å². The third kappa shape index (κ3) is 5.83. The lowest BCUT2D eigenvalue weighted by molar-refractivity contribution is 0.661. The van der Waals surface area contributed by atoms with Gasteiger partial charge in [-0.1, -0.05) is 190 Å². The van der Waals surface area contributed by atoms with Gasteiger partial charge in [-0.25, -0.2) is 4.99 Å². The van der Waals surface area contributed by atoms with Gasteiger partial charge < -0.3 is 5.73 Å². The molecule has 0 saturated heterocycles. The van der Waals surface area contributed by atoms with Crippen LogP contribution in [0.15, 0.2) is 187 Å². The second kappa shape index (κ2) is 13.2. The molecule has 0 spiro atoms. The van der Waals surface area contributed by atoms with Crippen LogP contribution in [0.5, 0.6) is 0 Å². The van der Waals surface area contributed by atoms with Crippen LogP contribution in [0.1, 0.15) is 41.7 Å². The number of rotatable bonds is 7.